The van der Waals surface area contributed by atoms with Gasteiger partial charge in [-0.2, -0.15) is 0 Å². The lowest BCUT2D eigenvalue weighted by Crippen LogP contribution is -2.11. The highest BCUT2D eigenvalue weighted by Crippen LogP contribution is 2.34. The summed E-state index contributed by atoms with van der Waals surface area (Å²) in [6.45, 7) is 0. The van der Waals surface area contributed by atoms with E-state index < -0.39 is 12.1 Å². The van der Waals surface area contributed by atoms with Gasteiger partial charge in [0.05, 0.1) is 10.2 Å². The number of thiazole rings is 1. The third kappa shape index (κ3) is 2.17. The van der Waals surface area contributed by atoms with Crippen LogP contribution in [0.5, 0.6) is 0 Å². The number of carbonyl (C=O) groups is 1. The number of carboxylic acid groups (broad SMARTS) is 1. The number of benzene rings is 2. The molecule has 5 heteroatoms. The van der Waals surface area contributed by atoms with Crippen LogP contribution in [0, 0.1) is 0 Å². The van der Waals surface area contributed by atoms with Gasteiger partial charge < -0.3 is 10.2 Å². The zero-order chi connectivity index (χ0) is 14.1. The number of rotatable bonds is 3. The van der Waals surface area contributed by atoms with Crippen molar-refractivity contribution in [2.24, 2.45) is 0 Å². The maximum Gasteiger partial charge on any atom is 0.337 e. The smallest absolute Gasteiger partial charge is 0.337 e. The molecule has 1 aromatic heterocycles. The lowest BCUT2D eigenvalue weighted by molar-refractivity contribution is -0.146. The molecule has 0 saturated carbocycles. The fraction of sp³-hybridized carbons (Fsp3) is 0.0667. The molecule has 2 N–H and O–H groups in total. The second-order valence-corrected chi connectivity index (χ2v) is 5.35. The monoisotopic (exact) mass is 285 g/mol. The van der Waals surface area contributed by atoms with Crippen LogP contribution in [0.3, 0.4) is 0 Å². The molecule has 100 valence electrons. The molecule has 0 bridgehead atoms. The SMILES string of the molecule is O=C(O)C(O)c1ccccc1-c1nc2ccccc2s1. The lowest BCUT2D eigenvalue weighted by atomic mass is 10.0. The summed E-state index contributed by atoms with van der Waals surface area (Å²) in [6.07, 6.45) is -1.54. The van der Waals surface area contributed by atoms with Gasteiger partial charge in [-0.15, -0.1) is 11.3 Å². The number of aliphatic hydroxyl groups excluding tert-OH is 1. The molecule has 0 aliphatic carbocycles. The highest BCUT2D eigenvalue weighted by molar-refractivity contribution is 7.21. The molecule has 0 radical (unpaired) electrons. The molecule has 1 unspecified atom stereocenters. The van der Waals surface area contributed by atoms with E-state index in [1.807, 2.05) is 24.3 Å². The minimum Gasteiger partial charge on any atom is -0.479 e. The molecular formula is C15H11NO3S. The summed E-state index contributed by atoms with van der Waals surface area (Å²) in [4.78, 5) is 15.5. The second kappa shape index (κ2) is 5.03. The molecule has 0 spiro atoms. The van der Waals surface area contributed by atoms with Gasteiger partial charge in [-0.3, -0.25) is 0 Å². The van der Waals surface area contributed by atoms with Crippen LogP contribution in [0.15, 0.2) is 48.5 Å². The van der Waals surface area contributed by atoms with Crippen molar-refractivity contribution in [3.63, 3.8) is 0 Å². The number of nitrogens with zero attached hydrogens (tertiary/aromatic N) is 1. The zero-order valence-corrected chi connectivity index (χ0v) is 11.2. The first-order valence-corrected chi connectivity index (χ1v) is 6.84. The average molecular weight is 285 g/mol. The number of hydrogen-bond donors (Lipinski definition) is 2. The average Bonchev–Trinajstić information content (AvgIpc) is 2.90. The maximum absolute atomic E-state index is 11.0. The van der Waals surface area contributed by atoms with Crippen molar-refractivity contribution in [1.29, 1.82) is 0 Å². The molecule has 2 aromatic carbocycles. The predicted molar refractivity (Wildman–Crippen MR) is 77.7 cm³/mol. The molecule has 3 aromatic rings. The van der Waals surface area contributed by atoms with Crippen LogP contribution in [0.1, 0.15) is 11.7 Å². The standard InChI is InChI=1S/C15H11NO3S/c17-13(15(18)19)9-5-1-2-6-10(9)14-16-11-7-3-4-8-12(11)20-14/h1-8,13,17H,(H,18,19). The van der Waals surface area contributed by atoms with Crippen LogP contribution in [0.25, 0.3) is 20.8 Å². The van der Waals surface area contributed by atoms with Gasteiger partial charge >= 0.3 is 5.97 Å². The predicted octanol–water partition coefficient (Wildman–Crippen LogP) is 3.08. The van der Waals surface area contributed by atoms with Gasteiger partial charge in [0, 0.05) is 11.1 Å². The van der Waals surface area contributed by atoms with Crippen LogP contribution >= 0.6 is 11.3 Å². The van der Waals surface area contributed by atoms with Crippen molar-refractivity contribution in [3.8, 4) is 10.6 Å². The first-order chi connectivity index (χ1) is 9.66. The molecule has 0 aliphatic rings. The van der Waals surface area contributed by atoms with Gasteiger partial charge in [-0.1, -0.05) is 36.4 Å². The quantitative estimate of drug-likeness (QED) is 0.776. The second-order valence-electron chi connectivity index (χ2n) is 4.31. The molecule has 0 amide bonds. The van der Waals surface area contributed by atoms with E-state index in [-0.39, 0.29) is 0 Å². The van der Waals surface area contributed by atoms with Gasteiger partial charge in [-0.05, 0) is 12.1 Å². The van der Waals surface area contributed by atoms with E-state index in [4.69, 9.17) is 5.11 Å². The summed E-state index contributed by atoms with van der Waals surface area (Å²) in [5.41, 5.74) is 1.88. The normalized spacial score (nSPS) is 12.4. The van der Waals surface area contributed by atoms with E-state index in [0.717, 1.165) is 10.2 Å². The molecule has 4 nitrogen and oxygen atoms in total. The Balaban J connectivity index is 2.16. The number of hydrogen-bond acceptors (Lipinski definition) is 4. The van der Waals surface area contributed by atoms with Gasteiger partial charge in [-0.25, -0.2) is 9.78 Å². The molecular weight excluding hydrogens is 274 g/mol. The third-order valence-corrected chi connectivity index (χ3v) is 4.08. The molecule has 0 fully saturated rings. The van der Waals surface area contributed by atoms with Gasteiger partial charge in [0.15, 0.2) is 6.10 Å². The maximum atomic E-state index is 11.0. The minimum absolute atomic E-state index is 0.360. The molecule has 3 rings (SSSR count). The minimum atomic E-state index is -1.54. The van der Waals surface area contributed by atoms with Crippen LogP contribution in [0.2, 0.25) is 0 Å². The van der Waals surface area contributed by atoms with Crippen LogP contribution < -0.4 is 0 Å². The van der Waals surface area contributed by atoms with Crippen molar-refractivity contribution in [2.45, 2.75) is 6.10 Å². The highest BCUT2D eigenvalue weighted by atomic mass is 32.1. The Morgan fingerprint density at radius 2 is 1.80 bits per heavy atom. The number of carboxylic acids is 1. The van der Waals surface area contributed by atoms with E-state index in [1.165, 1.54) is 11.3 Å². The van der Waals surface area contributed by atoms with E-state index in [2.05, 4.69) is 4.98 Å². The topological polar surface area (TPSA) is 70.4 Å². The lowest BCUT2D eigenvalue weighted by Gasteiger charge is -2.09. The Bertz CT molecular complexity index is 748. The molecule has 1 heterocycles. The third-order valence-electron chi connectivity index (χ3n) is 3.01. The molecule has 20 heavy (non-hydrogen) atoms. The molecule has 0 saturated heterocycles. The summed E-state index contributed by atoms with van der Waals surface area (Å²) in [5.74, 6) is -1.27. The van der Waals surface area contributed by atoms with Crippen molar-refractivity contribution >= 4 is 27.5 Å². The molecule has 0 aliphatic heterocycles. The fourth-order valence-corrected chi connectivity index (χ4v) is 3.06. The van der Waals surface area contributed by atoms with Crippen molar-refractivity contribution < 1.29 is 15.0 Å². The fourth-order valence-electron chi connectivity index (χ4n) is 2.05. The van der Waals surface area contributed by atoms with Gasteiger partial charge in [0.1, 0.15) is 5.01 Å². The zero-order valence-electron chi connectivity index (χ0n) is 10.4. The van der Waals surface area contributed by atoms with Gasteiger partial charge in [0.25, 0.3) is 0 Å². The Hall–Kier alpha value is -2.24. The number of aliphatic hydroxyl groups is 1. The summed E-state index contributed by atoms with van der Waals surface area (Å²) < 4.78 is 1.03. The Kier molecular flexibility index (Phi) is 3.22. The Morgan fingerprint density at radius 3 is 2.55 bits per heavy atom. The first kappa shape index (κ1) is 12.8. The van der Waals surface area contributed by atoms with E-state index in [9.17, 15) is 9.90 Å². The largest absolute Gasteiger partial charge is 0.479 e. The number of para-hydroxylation sites is 1. The van der Waals surface area contributed by atoms with Crippen LogP contribution in [0.4, 0.5) is 0 Å². The summed E-state index contributed by atoms with van der Waals surface area (Å²) in [6, 6.07) is 14.6. The van der Waals surface area contributed by atoms with E-state index in [1.54, 1.807) is 24.3 Å². The number of aliphatic carboxylic acids is 1. The van der Waals surface area contributed by atoms with Crippen LogP contribution in [-0.2, 0) is 4.79 Å². The van der Waals surface area contributed by atoms with Gasteiger partial charge in [0.2, 0.25) is 0 Å². The number of aromatic nitrogens is 1. The number of fused-ring (bicyclic) bond motifs is 1. The van der Waals surface area contributed by atoms with Crippen LogP contribution in [-0.4, -0.2) is 21.2 Å². The van der Waals surface area contributed by atoms with Crippen molar-refractivity contribution in [1.82, 2.24) is 4.98 Å². The summed E-state index contributed by atoms with van der Waals surface area (Å²) in [7, 11) is 0. The molecule has 1 atom stereocenters. The van der Waals surface area contributed by atoms with E-state index >= 15 is 0 Å². The van der Waals surface area contributed by atoms with Crippen molar-refractivity contribution in [3.05, 3.63) is 54.1 Å². The first-order valence-electron chi connectivity index (χ1n) is 6.02. The van der Waals surface area contributed by atoms with E-state index in [0.29, 0.717) is 16.1 Å². The summed E-state index contributed by atoms with van der Waals surface area (Å²) in [5, 5.41) is 19.5. The Morgan fingerprint density at radius 1 is 1.10 bits per heavy atom. The van der Waals surface area contributed by atoms with Crippen molar-refractivity contribution in [2.75, 3.05) is 0 Å². The highest BCUT2D eigenvalue weighted by Gasteiger charge is 2.21. The Labute approximate surface area is 119 Å². The summed E-state index contributed by atoms with van der Waals surface area (Å²) >= 11 is 1.48.